The van der Waals surface area contributed by atoms with Crippen molar-refractivity contribution in [2.24, 2.45) is 13.0 Å². The van der Waals surface area contributed by atoms with Crippen LogP contribution >= 0.6 is 0 Å². The van der Waals surface area contributed by atoms with Crippen LogP contribution in [-0.2, 0) is 11.8 Å². The van der Waals surface area contributed by atoms with Gasteiger partial charge in [0.15, 0.2) is 0 Å². The Kier molecular flexibility index (Phi) is 6.79. The van der Waals surface area contributed by atoms with Crippen LogP contribution in [0.4, 0.5) is 5.69 Å². The number of hydrogen-bond donors (Lipinski definition) is 1. The maximum atomic E-state index is 12.6. The molecular weight excluding hydrogens is 318 g/mol. The van der Waals surface area contributed by atoms with E-state index in [2.05, 4.69) is 5.32 Å². The second-order valence-corrected chi connectivity index (χ2v) is 6.82. The number of nitrogens with one attached hydrogen (secondary N) is 1. The lowest BCUT2D eigenvalue weighted by atomic mass is 9.97. The molecule has 0 unspecified atom stereocenters. The van der Waals surface area contributed by atoms with Crippen molar-refractivity contribution in [3.63, 3.8) is 0 Å². The molecule has 0 bridgehead atoms. The first-order valence-corrected chi connectivity index (χ1v) is 9.28. The maximum absolute atomic E-state index is 12.6. The summed E-state index contributed by atoms with van der Waals surface area (Å²) in [6.07, 6.45) is 7.01. The third-order valence-electron chi connectivity index (χ3n) is 4.73. The molecule has 1 saturated heterocycles. The van der Waals surface area contributed by atoms with E-state index in [1.807, 2.05) is 13.8 Å². The molecule has 6 nitrogen and oxygen atoms in total. The van der Waals surface area contributed by atoms with Crippen LogP contribution in [0, 0.1) is 5.92 Å². The lowest BCUT2D eigenvalue weighted by Gasteiger charge is -2.18. The van der Waals surface area contributed by atoms with Crippen molar-refractivity contribution in [1.82, 2.24) is 9.47 Å². The number of nitrogens with zero attached hydrogens (tertiary/aromatic N) is 2. The Balaban J connectivity index is 2.23. The lowest BCUT2D eigenvalue weighted by molar-refractivity contribution is -0.120. The van der Waals surface area contributed by atoms with Gasteiger partial charge in [-0.05, 0) is 31.7 Å². The van der Waals surface area contributed by atoms with Gasteiger partial charge in [-0.1, -0.05) is 26.7 Å². The molecule has 0 atom stereocenters. The standard InChI is InChI=1S/C19H29N3O3/c1-4-8-14(9-5-2)17(23)20-16-12-15(13-21(3)19(16)25)18(24)22-10-6-7-11-22/h12-14H,4-11H2,1-3H3,(H,20,23). The highest BCUT2D eigenvalue weighted by molar-refractivity contribution is 5.97. The van der Waals surface area contributed by atoms with E-state index in [1.165, 1.54) is 10.6 Å². The zero-order valence-electron chi connectivity index (χ0n) is 15.5. The van der Waals surface area contributed by atoms with Gasteiger partial charge in [-0.3, -0.25) is 14.4 Å². The minimum atomic E-state index is -0.293. The monoisotopic (exact) mass is 347 g/mol. The molecule has 0 saturated carbocycles. The molecule has 1 aromatic heterocycles. The van der Waals surface area contributed by atoms with E-state index in [4.69, 9.17) is 0 Å². The summed E-state index contributed by atoms with van der Waals surface area (Å²) in [5.41, 5.74) is 0.342. The molecule has 0 radical (unpaired) electrons. The normalized spacial score (nSPS) is 14.2. The van der Waals surface area contributed by atoms with E-state index in [-0.39, 0.29) is 29.0 Å². The minimum absolute atomic E-state index is 0.0812. The molecule has 1 N–H and O–H groups in total. The van der Waals surface area contributed by atoms with E-state index in [0.717, 1.165) is 51.6 Å². The number of carbonyl (C=O) groups excluding carboxylic acids is 2. The highest BCUT2D eigenvalue weighted by atomic mass is 16.2. The first-order valence-electron chi connectivity index (χ1n) is 9.28. The van der Waals surface area contributed by atoms with Crippen molar-refractivity contribution < 1.29 is 9.59 Å². The SMILES string of the molecule is CCCC(CCC)C(=O)Nc1cc(C(=O)N2CCCC2)cn(C)c1=O. The first kappa shape index (κ1) is 19.2. The molecular formula is C19H29N3O3. The number of aryl methyl sites for hydroxylation is 1. The molecule has 1 aliphatic heterocycles. The van der Waals surface area contributed by atoms with Gasteiger partial charge in [0.1, 0.15) is 5.69 Å². The molecule has 25 heavy (non-hydrogen) atoms. The average Bonchev–Trinajstić information content (AvgIpc) is 3.12. The number of anilines is 1. The molecule has 138 valence electrons. The van der Waals surface area contributed by atoms with E-state index < -0.39 is 0 Å². The summed E-state index contributed by atoms with van der Waals surface area (Å²) in [4.78, 5) is 39.3. The Hall–Kier alpha value is -2.11. The maximum Gasteiger partial charge on any atom is 0.274 e. The Morgan fingerprint density at radius 3 is 2.32 bits per heavy atom. The summed E-state index contributed by atoms with van der Waals surface area (Å²) in [5.74, 6) is -0.313. The average molecular weight is 347 g/mol. The molecule has 1 aromatic rings. The number of rotatable bonds is 7. The summed E-state index contributed by atoms with van der Waals surface area (Å²) in [6.45, 7) is 5.59. The third-order valence-corrected chi connectivity index (χ3v) is 4.73. The fraction of sp³-hybridized carbons (Fsp3) is 0.632. The van der Waals surface area contributed by atoms with Crippen molar-refractivity contribution in [1.29, 1.82) is 0 Å². The molecule has 6 heteroatoms. The van der Waals surface area contributed by atoms with Crippen molar-refractivity contribution in [2.75, 3.05) is 18.4 Å². The van der Waals surface area contributed by atoms with Crippen LogP contribution < -0.4 is 10.9 Å². The van der Waals surface area contributed by atoms with Gasteiger partial charge in [0, 0.05) is 32.3 Å². The van der Waals surface area contributed by atoms with Crippen LogP contribution in [0.15, 0.2) is 17.1 Å². The van der Waals surface area contributed by atoms with Crippen molar-refractivity contribution in [2.45, 2.75) is 52.4 Å². The fourth-order valence-corrected chi connectivity index (χ4v) is 3.36. The number of likely N-dealkylation sites (tertiary alicyclic amines) is 1. The van der Waals surface area contributed by atoms with E-state index in [9.17, 15) is 14.4 Å². The molecule has 2 amide bonds. The predicted molar refractivity (Wildman–Crippen MR) is 98.8 cm³/mol. The van der Waals surface area contributed by atoms with Gasteiger partial charge < -0.3 is 14.8 Å². The summed E-state index contributed by atoms with van der Waals surface area (Å²) in [7, 11) is 1.61. The smallest absolute Gasteiger partial charge is 0.274 e. The first-order chi connectivity index (χ1) is 12.0. The largest absolute Gasteiger partial charge is 0.339 e. The van der Waals surface area contributed by atoms with Crippen molar-refractivity contribution in [3.8, 4) is 0 Å². The van der Waals surface area contributed by atoms with Crippen LogP contribution in [0.3, 0.4) is 0 Å². The van der Waals surface area contributed by atoms with Crippen LogP contribution in [0.5, 0.6) is 0 Å². The van der Waals surface area contributed by atoms with Crippen LogP contribution in [0.2, 0.25) is 0 Å². The number of aromatic nitrogens is 1. The highest BCUT2D eigenvalue weighted by Gasteiger charge is 2.22. The number of pyridine rings is 1. The van der Waals surface area contributed by atoms with Gasteiger partial charge in [0.2, 0.25) is 5.91 Å². The molecule has 0 spiro atoms. The fourth-order valence-electron chi connectivity index (χ4n) is 3.36. The van der Waals surface area contributed by atoms with Gasteiger partial charge in [-0.2, -0.15) is 0 Å². The van der Waals surface area contributed by atoms with Gasteiger partial charge in [0.05, 0.1) is 5.56 Å². The zero-order valence-corrected chi connectivity index (χ0v) is 15.5. The quantitative estimate of drug-likeness (QED) is 0.824. The molecule has 2 rings (SSSR count). The summed E-state index contributed by atoms with van der Waals surface area (Å²) < 4.78 is 1.37. The molecule has 1 aliphatic rings. The Morgan fingerprint density at radius 1 is 1.16 bits per heavy atom. The lowest BCUT2D eigenvalue weighted by Crippen LogP contribution is -2.32. The van der Waals surface area contributed by atoms with E-state index >= 15 is 0 Å². The molecule has 2 heterocycles. The summed E-state index contributed by atoms with van der Waals surface area (Å²) in [6, 6.07) is 1.52. The summed E-state index contributed by atoms with van der Waals surface area (Å²) in [5, 5.41) is 2.76. The second kappa shape index (κ2) is 8.83. The van der Waals surface area contributed by atoms with Crippen LogP contribution in [-0.4, -0.2) is 34.4 Å². The van der Waals surface area contributed by atoms with E-state index in [1.54, 1.807) is 18.1 Å². The predicted octanol–water partition coefficient (Wildman–Crippen LogP) is 2.78. The van der Waals surface area contributed by atoms with Crippen LogP contribution in [0.25, 0.3) is 0 Å². The van der Waals surface area contributed by atoms with Crippen molar-refractivity contribution >= 4 is 17.5 Å². The van der Waals surface area contributed by atoms with Crippen molar-refractivity contribution in [3.05, 3.63) is 28.2 Å². The minimum Gasteiger partial charge on any atom is -0.339 e. The highest BCUT2D eigenvalue weighted by Crippen LogP contribution is 2.17. The molecule has 1 fully saturated rings. The Labute approximate surface area is 149 Å². The zero-order chi connectivity index (χ0) is 18.4. The Bertz CT molecular complexity index is 669. The Morgan fingerprint density at radius 2 is 1.76 bits per heavy atom. The van der Waals surface area contributed by atoms with Gasteiger partial charge >= 0.3 is 0 Å². The number of hydrogen-bond acceptors (Lipinski definition) is 3. The van der Waals surface area contributed by atoms with Gasteiger partial charge in [0.25, 0.3) is 11.5 Å². The number of carbonyl (C=O) groups is 2. The molecule has 0 aromatic carbocycles. The van der Waals surface area contributed by atoms with Crippen LogP contribution in [0.1, 0.15) is 62.7 Å². The summed E-state index contributed by atoms with van der Waals surface area (Å²) >= 11 is 0. The second-order valence-electron chi connectivity index (χ2n) is 6.82. The van der Waals surface area contributed by atoms with Gasteiger partial charge in [-0.15, -0.1) is 0 Å². The number of amides is 2. The van der Waals surface area contributed by atoms with E-state index in [0.29, 0.717) is 5.56 Å². The van der Waals surface area contributed by atoms with Gasteiger partial charge in [-0.25, -0.2) is 0 Å². The topological polar surface area (TPSA) is 71.4 Å². The third kappa shape index (κ3) is 4.71. The molecule has 0 aliphatic carbocycles.